The van der Waals surface area contributed by atoms with Crippen LogP contribution in [0.2, 0.25) is 18.7 Å². The molecule has 1 aromatic carbocycles. The van der Waals surface area contributed by atoms with E-state index in [1.807, 2.05) is 115 Å². The molecule has 1 aliphatic carbocycles. The summed E-state index contributed by atoms with van der Waals surface area (Å²) < 4.78 is 30.9. The predicted molar refractivity (Wildman–Crippen MR) is 576 cm³/mol. The Kier molecular flexibility index (Phi) is 37.5. The van der Waals surface area contributed by atoms with Gasteiger partial charge < -0.3 is 39.0 Å². The topological polar surface area (TPSA) is 271 Å². The molecule has 23 nitrogen and oxygen atoms in total. The van der Waals surface area contributed by atoms with E-state index in [-0.39, 0.29) is 40.2 Å². The Hall–Kier alpha value is -8.90. The van der Waals surface area contributed by atoms with Gasteiger partial charge in [0.1, 0.15) is 50.3 Å². The first-order valence-electron chi connectivity index (χ1n) is 44.6. The highest BCUT2D eigenvalue weighted by molar-refractivity contribution is 7.22. The number of ether oxygens (including phenoxy) is 2. The number of likely N-dealkylation sites (N-methyl/N-ethyl adjacent to an activating group) is 1. The number of benzene rings is 1. The molecule has 4 amide bonds. The number of rotatable bonds is 26. The van der Waals surface area contributed by atoms with Crippen LogP contribution in [0.15, 0.2) is 168 Å². The first-order valence-corrected chi connectivity index (χ1v) is 56.5. The number of aliphatic hydroxyl groups excluding tert-OH is 1. The minimum Gasteiger partial charge on any atom is -0.504 e. The SMILES string of the molecule is CC1CCN(c2ncc(C(=O)Nc3nc(-c4cc(Cl)cs4)c(N4CCN(C5CCCCC5)CC4)s3)cc2Cl)CC1.CCC(C)(C)CC(=O)Cc1nc(-c2cccs2)cs1.CCC(C)(C)NC(=O)Nc1nc(-c2cccs2)cs1.CCOc1nc(-c2ccc(Cl)s2)cs1.CCOc1nc(-c2cccs2)cs1.CN1Cc2cc(Cl)sc2C(O)=C1C(=O)Nc1nc(-c2ccc(-c3ccc(F)cc3)o2)cs1. The van der Waals surface area contributed by atoms with E-state index in [9.17, 15) is 28.7 Å². The van der Waals surface area contributed by atoms with E-state index in [0.717, 1.165) is 156 Å². The smallest absolute Gasteiger partial charge is 0.321 e. The maximum Gasteiger partial charge on any atom is 0.321 e. The molecule has 17 heterocycles. The number of piperazine rings is 1. The van der Waals surface area contributed by atoms with Gasteiger partial charge in [-0.25, -0.2) is 44.1 Å². The molecular weight excluding hydrogens is 2050 g/mol. The summed E-state index contributed by atoms with van der Waals surface area (Å²) in [5.74, 6) is 1.74. The number of nitrogens with one attached hydrogen (secondary N) is 4. The minimum absolute atomic E-state index is 0.102. The zero-order valence-electron chi connectivity index (χ0n) is 76.9. The fourth-order valence-corrected chi connectivity index (χ4v) is 25.5. The van der Waals surface area contributed by atoms with E-state index in [0.29, 0.717) is 101 Å². The minimum atomic E-state index is -0.465. The van der Waals surface area contributed by atoms with E-state index in [1.54, 1.807) is 128 Å². The second-order valence-electron chi connectivity index (χ2n) is 33.7. The second kappa shape index (κ2) is 49.5. The van der Waals surface area contributed by atoms with Crippen molar-refractivity contribution in [2.24, 2.45) is 11.3 Å². The first-order chi connectivity index (χ1) is 66.0. The van der Waals surface area contributed by atoms with Gasteiger partial charge in [-0.05, 0) is 178 Å². The normalized spacial score (nSPS) is 14.1. The molecule has 722 valence electrons. The van der Waals surface area contributed by atoms with E-state index in [1.165, 1.54) is 122 Å². The molecule has 3 fully saturated rings. The number of urea groups is 1. The average molecular weight is 2150 g/mol. The zero-order chi connectivity index (χ0) is 96.9. The van der Waals surface area contributed by atoms with Crippen LogP contribution in [0.5, 0.6) is 10.4 Å². The summed E-state index contributed by atoms with van der Waals surface area (Å²) in [6, 6.07) is 31.6. The van der Waals surface area contributed by atoms with Crippen molar-refractivity contribution in [3.8, 4) is 86.0 Å². The molecule has 0 spiro atoms. The van der Waals surface area contributed by atoms with E-state index in [4.69, 9.17) is 65.3 Å². The van der Waals surface area contributed by atoms with E-state index in [2.05, 4.69) is 111 Å². The van der Waals surface area contributed by atoms with Gasteiger partial charge in [0.05, 0.1) is 96.0 Å². The Labute approximate surface area is 864 Å². The summed E-state index contributed by atoms with van der Waals surface area (Å²) in [6.45, 7) is 26.3. The number of thiazole rings is 6. The van der Waals surface area contributed by atoms with Gasteiger partial charge in [-0.3, -0.25) is 35.2 Å². The molecule has 2 saturated heterocycles. The summed E-state index contributed by atoms with van der Waals surface area (Å²) >= 11 is 43.0. The number of furan rings is 1. The van der Waals surface area contributed by atoms with Gasteiger partial charge in [0.15, 0.2) is 26.9 Å². The third-order valence-electron chi connectivity index (χ3n) is 22.7. The summed E-state index contributed by atoms with van der Waals surface area (Å²) in [6.07, 6.45) is 13.6. The largest absolute Gasteiger partial charge is 0.504 e. The number of Topliss-reactive ketones (excluding diaryl/α,β-unsaturated/α-hetero) is 1. The molecule has 0 radical (unpaired) electrons. The number of fused-ring (bicyclic) bond motifs is 1. The number of aromatic nitrogens is 7. The van der Waals surface area contributed by atoms with Crippen LogP contribution in [0.1, 0.15) is 152 Å². The van der Waals surface area contributed by atoms with Crippen molar-refractivity contribution in [2.75, 3.05) is 85.3 Å². The fourth-order valence-electron chi connectivity index (χ4n) is 14.8. The molecule has 1 saturated carbocycles. The van der Waals surface area contributed by atoms with Crippen LogP contribution in [-0.2, 0) is 22.6 Å². The van der Waals surface area contributed by atoms with Gasteiger partial charge in [-0.2, -0.15) is 0 Å². The lowest BCUT2D eigenvalue weighted by Gasteiger charge is -2.41. The Morgan fingerprint density at radius 3 is 1.76 bits per heavy atom. The number of ketones is 1. The first kappa shape index (κ1) is 104. The van der Waals surface area contributed by atoms with Crippen molar-refractivity contribution in [1.82, 2.24) is 50.0 Å². The number of anilines is 5. The molecule has 19 rings (SSSR count). The summed E-state index contributed by atoms with van der Waals surface area (Å²) in [7, 11) is 1.73. The zero-order valence-corrected chi connectivity index (χ0v) is 89.7. The number of halogens is 5. The highest BCUT2D eigenvalue weighted by Gasteiger charge is 2.33. The van der Waals surface area contributed by atoms with Gasteiger partial charge in [-0.1, -0.05) is 159 Å². The molecule has 137 heavy (non-hydrogen) atoms. The Morgan fingerprint density at radius 2 is 1.16 bits per heavy atom. The summed E-state index contributed by atoms with van der Waals surface area (Å²) in [4.78, 5) is 96.7. The van der Waals surface area contributed by atoms with Crippen LogP contribution >= 0.6 is 182 Å². The third-order valence-corrected chi connectivity index (χ3v) is 34.4. The lowest BCUT2D eigenvalue weighted by Crippen LogP contribution is -2.50. The third kappa shape index (κ3) is 29.2. The van der Waals surface area contributed by atoms with Crippen molar-refractivity contribution in [3.63, 3.8) is 0 Å². The number of nitrogens with zero attached hydrogens (tertiary/aromatic N) is 11. The van der Waals surface area contributed by atoms with Crippen LogP contribution in [0, 0.1) is 17.2 Å². The van der Waals surface area contributed by atoms with Crippen LogP contribution in [0.25, 0.3) is 81.4 Å². The van der Waals surface area contributed by atoms with Crippen LogP contribution in [0.4, 0.5) is 35.4 Å². The lowest BCUT2D eigenvalue weighted by atomic mass is 9.84. The number of aliphatic hydroxyl groups is 1. The molecule has 14 aromatic heterocycles. The van der Waals surface area contributed by atoms with Crippen molar-refractivity contribution in [2.45, 2.75) is 151 Å². The molecule has 4 aliphatic rings. The number of pyridine rings is 1. The van der Waals surface area contributed by atoms with Gasteiger partial charge in [0.2, 0.25) is 0 Å². The van der Waals surface area contributed by atoms with Crippen molar-refractivity contribution in [1.29, 1.82) is 0 Å². The van der Waals surface area contributed by atoms with Crippen LogP contribution in [-0.4, -0.2) is 145 Å². The molecule has 40 heteroatoms. The number of piperidine rings is 1. The summed E-state index contributed by atoms with van der Waals surface area (Å²) in [5, 5.41) is 46.1. The maximum absolute atomic E-state index is 13.3. The molecule has 0 unspecified atom stereocenters. The molecule has 0 atom stereocenters. The number of hydrogen-bond donors (Lipinski definition) is 5. The Morgan fingerprint density at radius 1 is 0.562 bits per heavy atom. The fraction of sp³-hybridized carbons (Fsp3) is 0.351. The maximum atomic E-state index is 13.3. The number of amides is 4. The van der Waals surface area contributed by atoms with Crippen molar-refractivity contribution in [3.05, 3.63) is 209 Å². The van der Waals surface area contributed by atoms with Crippen molar-refractivity contribution < 1.29 is 42.6 Å². The second-order valence-corrected chi connectivity index (χ2v) is 47.0. The van der Waals surface area contributed by atoms with Gasteiger partial charge >= 0.3 is 6.03 Å². The molecule has 3 aliphatic heterocycles. The Bertz CT molecular complexity index is 6350. The Balaban J connectivity index is 0.000000138. The number of hydrogen-bond acceptors (Lipinski definition) is 31. The highest BCUT2D eigenvalue weighted by atomic mass is 35.5. The highest BCUT2D eigenvalue weighted by Crippen LogP contribution is 2.45. The van der Waals surface area contributed by atoms with Gasteiger partial charge in [0.25, 0.3) is 22.2 Å². The average Bonchev–Trinajstić information content (AvgIpc) is 1.64. The standard InChI is InChI=1S/C29H36Cl2N6OS2.C22H15ClFN3O3S2.C15H19NOS2.C13H17N3OS2.C9H8ClNOS2.C9H9NOS2/c1-19-7-9-36(10-8-19)26-23(31)15-20(17-32-26)27(38)34-29-33-25(24-16-21(30)18-39-24)28(40-29)37-13-11-35(12-14-37)22-5-3-2-4-6-22;1-27-9-12-8-17(23)32-20(12)19(28)18(27)21(29)26-22-25-14(10-31-22)16-7-6-15(30-16)11-2-4-13(24)5-3-11;1-4-15(2,3)9-11(17)8-14-16-12(10-19-14)13-6-5-7-18-13;1-4-13(2,3)16-11(17)15-12-14-9(8-19-12)10-6-5-7-18-10;1-2-12-9-11-6(5-13-9)7-3-4-8(10)14-7;1-2-11-9-10-7(6-13-9)8-4-3-5-12-8/h15-19,22H,2-14H2,1H3,(H,33,34,38);2-8,10,28H,9H2,1H3,(H,25,26,29);5-7,10H,4,8-9H2,1-3H3;5-8H,4H2,1-3H3,(H2,14,15,16,17);3-5H,2H2,1H3;3-6H,2H2,1H3. The van der Waals surface area contributed by atoms with Crippen LogP contribution in [0.3, 0.4) is 0 Å². The number of carbonyl (C=O) groups excluding carboxylic acids is 4. The lowest BCUT2D eigenvalue weighted by molar-refractivity contribution is -0.120. The quantitative estimate of drug-likeness (QED) is 0.0337. The van der Waals surface area contributed by atoms with Crippen molar-refractivity contribution >= 4 is 238 Å². The van der Waals surface area contributed by atoms with Crippen LogP contribution < -0.4 is 40.5 Å². The van der Waals surface area contributed by atoms with E-state index >= 15 is 0 Å². The van der Waals surface area contributed by atoms with Gasteiger partial charge in [-0.15, -0.1) is 102 Å². The molecule has 5 N–H and O–H groups in total. The van der Waals surface area contributed by atoms with E-state index < -0.39 is 5.91 Å². The van der Waals surface area contributed by atoms with Gasteiger partial charge in [0, 0.05) is 115 Å². The molecule has 0 bridgehead atoms. The summed E-state index contributed by atoms with van der Waals surface area (Å²) in [5.41, 5.74) is 7.40. The monoisotopic (exact) mass is 2150 g/mol. The number of carbonyl (C=O) groups is 4. The molecule has 15 aromatic rings. The molecular formula is C97H104Cl4FN15O8S12. The predicted octanol–water partition coefficient (Wildman–Crippen LogP) is 29.9. The number of thiophene rings is 6.